The van der Waals surface area contributed by atoms with Crippen LogP contribution in [0.4, 0.5) is 11.1 Å². The summed E-state index contributed by atoms with van der Waals surface area (Å²) in [4.78, 5) is 43.7. The third-order valence-electron chi connectivity index (χ3n) is 6.13. The molecule has 0 saturated carbocycles. The second-order valence-electron chi connectivity index (χ2n) is 8.30. The molecule has 166 valence electrons. The molecule has 11 heteroatoms. The first kappa shape index (κ1) is 22.3. The zero-order chi connectivity index (χ0) is 21.8. The van der Waals surface area contributed by atoms with Crippen LogP contribution in [0.15, 0.2) is 0 Å². The Hall–Kier alpha value is -2.43. The van der Waals surface area contributed by atoms with Gasteiger partial charge in [0, 0.05) is 64.6 Å². The van der Waals surface area contributed by atoms with E-state index in [2.05, 4.69) is 24.5 Å². The van der Waals surface area contributed by atoms with Crippen molar-refractivity contribution in [2.24, 2.45) is 11.8 Å². The van der Waals surface area contributed by atoms with E-state index in [0.717, 1.165) is 43.4 Å². The molecule has 1 aromatic rings. The van der Waals surface area contributed by atoms with Gasteiger partial charge in [0.2, 0.25) is 22.9 Å². The van der Waals surface area contributed by atoms with Gasteiger partial charge in [0.05, 0.1) is 6.04 Å². The monoisotopic (exact) mass is 438 g/mol. The first-order chi connectivity index (χ1) is 14.3. The minimum Gasteiger partial charge on any atom is -0.483 e. The normalized spacial score (nSPS) is 27.5. The lowest BCUT2D eigenvalue weighted by atomic mass is 9.72. The van der Waals surface area contributed by atoms with E-state index in [1.165, 1.54) is 11.5 Å². The summed E-state index contributed by atoms with van der Waals surface area (Å²) in [5.41, 5.74) is 0. The summed E-state index contributed by atoms with van der Waals surface area (Å²) in [6, 6.07) is 0.359. The van der Waals surface area contributed by atoms with Gasteiger partial charge in [-0.05, 0) is 31.1 Å². The molecule has 3 fully saturated rings. The number of aromatic nitrogens is 2. The Kier molecular flexibility index (Phi) is 7.11. The zero-order valence-electron chi connectivity index (χ0n) is 17.7. The number of carbonyl (C=O) groups excluding carboxylic acids is 2. The average molecular weight is 439 g/mol. The molecule has 4 rings (SSSR count). The molecule has 3 aliphatic rings. The predicted molar refractivity (Wildman–Crippen MR) is 114 cm³/mol. The van der Waals surface area contributed by atoms with Crippen molar-refractivity contribution >= 4 is 40.9 Å². The highest BCUT2D eigenvalue weighted by molar-refractivity contribution is 7.09. The molecule has 0 aromatic carbocycles. The van der Waals surface area contributed by atoms with E-state index in [-0.39, 0.29) is 30.4 Å². The quantitative estimate of drug-likeness (QED) is 0.658. The number of nitrogens with zero attached hydrogens (tertiary/aromatic N) is 5. The minimum atomic E-state index is -0.250. The fourth-order valence-corrected chi connectivity index (χ4v) is 5.71. The van der Waals surface area contributed by atoms with Gasteiger partial charge in [-0.25, -0.2) is 0 Å². The Labute approximate surface area is 180 Å². The molecule has 0 unspecified atom stereocenters. The molecule has 0 aliphatic carbocycles. The van der Waals surface area contributed by atoms with Gasteiger partial charge in [0.25, 0.3) is 6.47 Å². The number of amides is 2. The Balaban J connectivity index is 0.000000806. The fourth-order valence-electron chi connectivity index (χ4n) is 4.96. The summed E-state index contributed by atoms with van der Waals surface area (Å²) < 4.78 is 4.45. The highest BCUT2D eigenvalue weighted by Gasteiger charge is 2.49. The maximum absolute atomic E-state index is 12.7. The molecule has 10 nitrogen and oxygen atoms in total. The summed E-state index contributed by atoms with van der Waals surface area (Å²) in [6.07, 6.45) is 3.79. The van der Waals surface area contributed by atoms with Gasteiger partial charge in [-0.1, -0.05) is 0 Å². The maximum Gasteiger partial charge on any atom is 0.290 e. The highest BCUT2D eigenvalue weighted by atomic mass is 32.1. The van der Waals surface area contributed by atoms with Crippen molar-refractivity contribution in [3.05, 3.63) is 0 Å². The van der Waals surface area contributed by atoms with Crippen molar-refractivity contribution in [3.8, 4) is 0 Å². The molecule has 3 saturated heterocycles. The molecule has 3 aliphatic heterocycles. The van der Waals surface area contributed by atoms with Crippen LogP contribution in [0, 0.1) is 11.8 Å². The number of anilines is 2. The van der Waals surface area contributed by atoms with Crippen LogP contribution in [-0.4, -0.2) is 83.5 Å². The van der Waals surface area contributed by atoms with Gasteiger partial charge in [-0.2, -0.15) is 9.36 Å². The largest absolute Gasteiger partial charge is 0.483 e. The van der Waals surface area contributed by atoms with Gasteiger partial charge in [-0.3, -0.25) is 14.4 Å². The molecule has 0 spiro atoms. The number of hydrogen-bond acceptors (Lipinski definition) is 8. The Morgan fingerprint density at radius 3 is 2.70 bits per heavy atom. The molecular formula is C19H30N6O4S. The first-order valence-electron chi connectivity index (χ1n) is 10.2. The highest BCUT2D eigenvalue weighted by Crippen LogP contribution is 2.42. The molecule has 4 heterocycles. The summed E-state index contributed by atoms with van der Waals surface area (Å²) in [5.74, 6) is 1.78. The standard InChI is InChI=1S/C18H28N6O2S.CH2O2/c1-11(25)19-8-15-13-7-12(14-5-4-6-16(26)24(14)15)9-23(10-13)18-20-17(21-27-18)22(2)3;2-1-3/h12-15H,4-10H2,1-3H3,(H,19,25);1H,(H,2,3)/t12-,13+,14+,15+;/m1./s1. The van der Waals surface area contributed by atoms with Crippen molar-refractivity contribution in [3.63, 3.8) is 0 Å². The smallest absolute Gasteiger partial charge is 0.290 e. The van der Waals surface area contributed by atoms with Crippen molar-refractivity contribution in [2.75, 3.05) is 43.5 Å². The number of piperidine rings is 3. The van der Waals surface area contributed by atoms with Crippen molar-refractivity contribution < 1.29 is 19.5 Å². The van der Waals surface area contributed by atoms with Crippen molar-refractivity contribution in [2.45, 2.75) is 44.7 Å². The SMILES string of the molecule is CC(=O)NC[C@H]1[C@H]2C[C@H](CN(c3nc(N(C)C)ns3)C2)[C@@H]2CCCC(=O)N21.O=CO. The summed E-state index contributed by atoms with van der Waals surface area (Å²) >= 11 is 1.45. The number of nitrogens with one attached hydrogen (secondary N) is 1. The second kappa shape index (κ2) is 9.59. The Morgan fingerprint density at radius 1 is 1.37 bits per heavy atom. The first-order valence-corrected chi connectivity index (χ1v) is 11.0. The van der Waals surface area contributed by atoms with Crippen molar-refractivity contribution in [1.29, 1.82) is 0 Å². The van der Waals surface area contributed by atoms with Gasteiger partial charge in [-0.15, -0.1) is 0 Å². The molecule has 1 aromatic heterocycles. The maximum atomic E-state index is 12.7. The molecule has 4 atom stereocenters. The van der Waals surface area contributed by atoms with Crippen LogP contribution in [-0.2, 0) is 14.4 Å². The molecule has 0 radical (unpaired) electrons. The topological polar surface area (TPSA) is 119 Å². The average Bonchev–Trinajstić information content (AvgIpc) is 3.19. The number of carbonyl (C=O) groups is 3. The van der Waals surface area contributed by atoms with E-state index in [4.69, 9.17) is 9.90 Å². The summed E-state index contributed by atoms with van der Waals surface area (Å²) in [6.45, 7) is 3.62. The van der Waals surface area contributed by atoms with E-state index in [1.807, 2.05) is 19.0 Å². The lowest BCUT2D eigenvalue weighted by Crippen LogP contribution is -2.67. The van der Waals surface area contributed by atoms with Crippen LogP contribution in [0.5, 0.6) is 0 Å². The van der Waals surface area contributed by atoms with E-state index >= 15 is 0 Å². The van der Waals surface area contributed by atoms with Gasteiger partial charge in [0.15, 0.2) is 0 Å². The summed E-state index contributed by atoms with van der Waals surface area (Å²) in [5, 5.41) is 10.8. The number of hydrogen-bond donors (Lipinski definition) is 2. The van der Waals surface area contributed by atoms with E-state index in [9.17, 15) is 9.59 Å². The molecule has 2 N–H and O–H groups in total. The van der Waals surface area contributed by atoms with Crippen LogP contribution >= 0.6 is 11.5 Å². The van der Waals surface area contributed by atoms with Crippen LogP contribution < -0.4 is 15.1 Å². The Bertz CT molecular complexity index is 772. The second-order valence-corrected chi connectivity index (χ2v) is 9.03. The van der Waals surface area contributed by atoms with Crippen molar-refractivity contribution in [1.82, 2.24) is 19.6 Å². The predicted octanol–water partition coefficient (Wildman–Crippen LogP) is 0.647. The molecule has 2 bridgehead atoms. The lowest BCUT2D eigenvalue weighted by molar-refractivity contribution is -0.149. The molecule has 30 heavy (non-hydrogen) atoms. The van der Waals surface area contributed by atoms with Crippen LogP contribution in [0.1, 0.15) is 32.6 Å². The summed E-state index contributed by atoms with van der Waals surface area (Å²) in [7, 11) is 3.90. The van der Waals surface area contributed by atoms with Crippen LogP contribution in [0.25, 0.3) is 0 Å². The van der Waals surface area contributed by atoms with Gasteiger partial charge >= 0.3 is 0 Å². The molecule has 2 amide bonds. The van der Waals surface area contributed by atoms with Crippen LogP contribution in [0.3, 0.4) is 0 Å². The van der Waals surface area contributed by atoms with Gasteiger partial charge < -0.3 is 25.1 Å². The number of rotatable bonds is 4. The van der Waals surface area contributed by atoms with E-state index < -0.39 is 0 Å². The Morgan fingerprint density at radius 2 is 2.07 bits per heavy atom. The third kappa shape index (κ3) is 4.66. The number of carboxylic acid groups (broad SMARTS) is 1. The zero-order valence-corrected chi connectivity index (χ0v) is 18.5. The fraction of sp³-hybridized carbons (Fsp3) is 0.737. The minimum absolute atomic E-state index is 0.0365. The lowest BCUT2D eigenvalue weighted by Gasteiger charge is -2.56. The van der Waals surface area contributed by atoms with Gasteiger partial charge in [0.1, 0.15) is 0 Å². The third-order valence-corrected chi connectivity index (χ3v) is 6.90. The number of fused-ring (bicyclic) bond motifs is 4. The van der Waals surface area contributed by atoms with E-state index in [0.29, 0.717) is 24.8 Å². The van der Waals surface area contributed by atoms with Crippen LogP contribution in [0.2, 0.25) is 0 Å². The van der Waals surface area contributed by atoms with E-state index in [1.54, 1.807) is 6.92 Å². The molecular weight excluding hydrogens is 408 g/mol.